The number of H-pyrrole nitrogens is 1. The molecular formula is C18H16N2O3. The number of phenolic OH excluding ortho intramolecular Hbond substituents is 1. The van der Waals surface area contributed by atoms with E-state index in [1.54, 1.807) is 30.3 Å². The molecule has 3 rings (SSSR count). The fourth-order valence-corrected chi connectivity index (χ4v) is 2.34. The van der Waals surface area contributed by atoms with Crippen molar-refractivity contribution < 1.29 is 9.84 Å². The lowest BCUT2D eigenvalue weighted by Crippen LogP contribution is -2.12. The van der Waals surface area contributed by atoms with Gasteiger partial charge in [-0.05, 0) is 49.4 Å². The van der Waals surface area contributed by atoms with Crippen LogP contribution in [0, 0.1) is 0 Å². The number of phenols is 1. The minimum Gasteiger partial charge on any atom is -0.507 e. The molecule has 0 amide bonds. The van der Waals surface area contributed by atoms with Gasteiger partial charge in [0.1, 0.15) is 11.5 Å². The van der Waals surface area contributed by atoms with Crippen molar-refractivity contribution in [3.8, 4) is 34.0 Å². The molecule has 2 N–H and O–H groups in total. The monoisotopic (exact) mass is 308 g/mol. The average molecular weight is 308 g/mol. The molecule has 5 heteroatoms. The van der Waals surface area contributed by atoms with Crippen molar-refractivity contribution in [2.45, 2.75) is 6.92 Å². The van der Waals surface area contributed by atoms with Gasteiger partial charge in [0, 0.05) is 11.1 Å². The van der Waals surface area contributed by atoms with Crippen LogP contribution in [0.1, 0.15) is 6.92 Å². The number of nitrogens with one attached hydrogen (secondary N) is 1. The number of ether oxygens (including phenoxy) is 1. The number of hydrogen-bond donors (Lipinski definition) is 2. The number of aromatic hydroxyl groups is 1. The maximum atomic E-state index is 11.9. The average Bonchev–Trinajstić information content (AvgIpc) is 2.56. The maximum absolute atomic E-state index is 11.9. The van der Waals surface area contributed by atoms with Gasteiger partial charge < -0.3 is 14.8 Å². The molecule has 0 aliphatic carbocycles. The molecule has 1 heterocycles. The Labute approximate surface area is 133 Å². The number of nitrogens with zero attached hydrogens (tertiary/aromatic N) is 1. The summed E-state index contributed by atoms with van der Waals surface area (Å²) in [7, 11) is 0. The van der Waals surface area contributed by atoms with E-state index in [1.165, 1.54) is 0 Å². The number of hydrogen-bond acceptors (Lipinski definition) is 4. The lowest BCUT2D eigenvalue weighted by molar-refractivity contribution is 0.340. The summed E-state index contributed by atoms with van der Waals surface area (Å²) in [4.78, 5) is 18.5. The van der Waals surface area contributed by atoms with E-state index in [-0.39, 0.29) is 5.75 Å². The normalized spacial score (nSPS) is 10.5. The topological polar surface area (TPSA) is 75.2 Å². The van der Waals surface area contributed by atoms with E-state index in [9.17, 15) is 9.90 Å². The molecule has 0 atom stereocenters. The molecular weight excluding hydrogens is 292 g/mol. The summed E-state index contributed by atoms with van der Waals surface area (Å²) >= 11 is 0. The first-order valence-corrected chi connectivity index (χ1v) is 7.30. The SMILES string of the molecule is CCOc1ccc(-c2cc(-c3ccccc3O)[nH]c(=O)n2)cc1. The van der Waals surface area contributed by atoms with E-state index < -0.39 is 5.69 Å². The fourth-order valence-electron chi connectivity index (χ4n) is 2.34. The second-order valence-corrected chi connectivity index (χ2v) is 4.96. The van der Waals surface area contributed by atoms with E-state index in [2.05, 4.69) is 9.97 Å². The molecule has 0 saturated carbocycles. The number of rotatable bonds is 4. The molecule has 0 unspecified atom stereocenters. The lowest BCUT2D eigenvalue weighted by Gasteiger charge is -2.07. The van der Waals surface area contributed by atoms with Crippen molar-refractivity contribution in [2.24, 2.45) is 0 Å². The number of para-hydroxylation sites is 1. The molecule has 3 aromatic rings. The predicted molar refractivity (Wildman–Crippen MR) is 88.6 cm³/mol. The van der Waals surface area contributed by atoms with Gasteiger partial charge in [0.25, 0.3) is 0 Å². The first-order valence-electron chi connectivity index (χ1n) is 7.30. The molecule has 0 fully saturated rings. The summed E-state index contributed by atoms with van der Waals surface area (Å²) in [6.07, 6.45) is 0. The van der Waals surface area contributed by atoms with Gasteiger partial charge in [-0.2, -0.15) is 4.98 Å². The van der Waals surface area contributed by atoms with E-state index in [0.29, 0.717) is 23.6 Å². The van der Waals surface area contributed by atoms with Crippen LogP contribution < -0.4 is 10.4 Å². The Morgan fingerprint density at radius 1 is 1.13 bits per heavy atom. The van der Waals surface area contributed by atoms with E-state index >= 15 is 0 Å². The van der Waals surface area contributed by atoms with Crippen LogP contribution in [0.15, 0.2) is 59.4 Å². The summed E-state index contributed by atoms with van der Waals surface area (Å²) in [6, 6.07) is 15.9. The standard InChI is InChI=1S/C18H16N2O3/c1-2-23-13-9-7-12(8-10-13)15-11-16(20-18(22)19-15)14-5-3-4-6-17(14)21/h3-11,21H,2H2,1H3,(H,19,20,22). The fraction of sp³-hybridized carbons (Fsp3) is 0.111. The molecule has 5 nitrogen and oxygen atoms in total. The Morgan fingerprint density at radius 2 is 1.87 bits per heavy atom. The van der Waals surface area contributed by atoms with Gasteiger partial charge in [-0.15, -0.1) is 0 Å². The molecule has 0 aliphatic rings. The Morgan fingerprint density at radius 3 is 2.57 bits per heavy atom. The summed E-state index contributed by atoms with van der Waals surface area (Å²) in [5.74, 6) is 0.869. The van der Waals surface area contributed by atoms with Crippen molar-refractivity contribution in [2.75, 3.05) is 6.61 Å². The van der Waals surface area contributed by atoms with Crippen LogP contribution in [0.25, 0.3) is 22.5 Å². The van der Waals surface area contributed by atoms with Crippen LogP contribution in [0.5, 0.6) is 11.5 Å². The highest BCUT2D eigenvalue weighted by molar-refractivity contribution is 5.71. The summed E-state index contributed by atoms with van der Waals surface area (Å²) in [5, 5.41) is 9.95. The molecule has 0 saturated heterocycles. The molecule has 0 aliphatic heterocycles. The van der Waals surface area contributed by atoms with Crippen LogP contribution in [0.3, 0.4) is 0 Å². The Balaban J connectivity index is 2.04. The molecule has 0 bridgehead atoms. The van der Waals surface area contributed by atoms with Crippen LogP contribution in [-0.4, -0.2) is 21.7 Å². The van der Waals surface area contributed by atoms with E-state index in [0.717, 1.165) is 11.3 Å². The minimum absolute atomic E-state index is 0.104. The van der Waals surface area contributed by atoms with Crippen molar-refractivity contribution in [1.82, 2.24) is 9.97 Å². The lowest BCUT2D eigenvalue weighted by atomic mass is 10.1. The first kappa shape index (κ1) is 14.8. The highest BCUT2D eigenvalue weighted by Crippen LogP contribution is 2.28. The molecule has 0 spiro atoms. The first-order chi connectivity index (χ1) is 11.2. The Hall–Kier alpha value is -3.08. The third-order valence-corrected chi connectivity index (χ3v) is 3.40. The van der Waals surface area contributed by atoms with E-state index in [4.69, 9.17) is 4.74 Å². The van der Waals surface area contributed by atoms with Gasteiger partial charge in [-0.1, -0.05) is 12.1 Å². The third kappa shape index (κ3) is 3.23. The van der Waals surface area contributed by atoms with Gasteiger partial charge in [0.2, 0.25) is 0 Å². The molecule has 23 heavy (non-hydrogen) atoms. The Bertz CT molecular complexity index is 870. The molecule has 2 aromatic carbocycles. The largest absolute Gasteiger partial charge is 0.507 e. The van der Waals surface area contributed by atoms with Gasteiger partial charge in [0.05, 0.1) is 18.0 Å². The highest BCUT2D eigenvalue weighted by atomic mass is 16.5. The zero-order chi connectivity index (χ0) is 16.2. The van der Waals surface area contributed by atoms with Crippen LogP contribution >= 0.6 is 0 Å². The number of aromatic amines is 1. The second kappa shape index (κ2) is 6.36. The highest BCUT2D eigenvalue weighted by Gasteiger charge is 2.09. The second-order valence-electron chi connectivity index (χ2n) is 4.96. The smallest absolute Gasteiger partial charge is 0.345 e. The summed E-state index contributed by atoms with van der Waals surface area (Å²) in [6.45, 7) is 2.52. The van der Waals surface area contributed by atoms with Crippen molar-refractivity contribution in [3.63, 3.8) is 0 Å². The maximum Gasteiger partial charge on any atom is 0.345 e. The zero-order valence-electron chi connectivity index (χ0n) is 12.6. The zero-order valence-corrected chi connectivity index (χ0v) is 12.6. The van der Waals surface area contributed by atoms with Gasteiger partial charge in [-0.25, -0.2) is 4.79 Å². The van der Waals surface area contributed by atoms with Crippen LogP contribution in [0.4, 0.5) is 0 Å². The Kier molecular flexibility index (Phi) is 4.10. The van der Waals surface area contributed by atoms with Crippen molar-refractivity contribution in [3.05, 3.63) is 65.1 Å². The third-order valence-electron chi connectivity index (χ3n) is 3.40. The van der Waals surface area contributed by atoms with Crippen LogP contribution in [-0.2, 0) is 0 Å². The van der Waals surface area contributed by atoms with E-state index in [1.807, 2.05) is 31.2 Å². The number of aromatic nitrogens is 2. The van der Waals surface area contributed by atoms with Crippen molar-refractivity contribution in [1.29, 1.82) is 0 Å². The van der Waals surface area contributed by atoms with Gasteiger partial charge in [-0.3, -0.25) is 0 Å². The quantitative estimate of drug-likeness (QED) is 0.776. The predicted octanol–water partition coefficient (Wildman–Crippen LogP) is 3.21. The molecule has 116 valence electrons. The van der Waals surface area contributed by atoms with Crippen LogP contribution in [0.2, 0.25) is 0 Å². The van der Waals surface area contributed by atoms with Crippen molar-refractivity contribution >= 4 is 0 Å². The summed E-state index contributed by atoms with van der Waals surface area (Å²) in [5.41, 5.74) is 1.95. The van der Waals surface area contributed by atoms with Gasteiger partial charge in [0.15, 0.2) is 0 Å². The van der Waals surface area contributed by atoms with Gasteiger partial charge >= 0.3 is 5.69 Å². The molecule has 0 radical (unpaired) electrons. The number of benzene rings is 2. The minimum atomic E-state index is -0.463. The molecule has 1 aromatic heterocycles. The summed E-state index contributed by atoms with van der Waals surface area (Å²) < 4.78 is 5.41.